The molecule has 0 bridgehead atoms. The molecule has 1 heterocycles. The zero-order valence-electron chi connectivity index (χ0n) is 16.2. The number of barbiturate groups is 1. The van der Waals surface area contributed by atoms with Crippen LogP contribution in [0.15, 0.2) is 59.8 Å². The summed E-state index contributed by atoms with van der Waals surface area (Å²) in [6, 6.07) is -0.479. The van der Waals surface area contributed by atoms with E-state index in [-0.39, 0.29) is 12.3 Å². The summed E-state index contributed by atoms with van der Waals surface area (Å²) >= 11 is 0. The van der Waals surface area contributed by atoms with Crippen molar-refractivity contribution in [3.05, 3.63) is 59.8 Å². The molecule has 2 fully saturated rings. The van der Waals surface area contributed by atoms with Crippen LogP contribution in [-0.2, 0) is 9.59 Å². The van der Waals surface area contributed by atoms with Crippen LogP contribution >= 0.6 is 0 Å². The molecule has 4 amide bonds. The zero-order valence-corrected chi connectivity index (χ0v) is 16.2. The first-order chi connectivity index (χ1) is 13.5. The second-order valence-electron chi connectivity index (χ2n) is 7.97. The van der Waals surface area contributed by atoms with Gasteiger partial charge in [-0.1, -0.05) is 61.1 Å². The lowest BCUT2D eigenvalue weighted by molar-refractivity contribution is -0.142. The van der Waals surface area contributed by atoms with Crippen molar-refractivity contribution in [2.24, 2.45) is 17.8 Å². The van der Waals surface area contributed by atoms with Gasteiger partial charge >= 0.3 is 6.03 Å². The Labute approximate surface area is 165 Å². The number of urea groups is 1. The molecule has 1 saturated carbocycles. The number of hydrogen-bond donors (Lipinski definition) is 0. The molecule has 1 aliphatic heterocycles. The predicted octanol–water partition coefficient (Wildman–Crippen LogP) is 3.77. The number of carbonyl (C=O) groups is 3. The molecule has 1 saturated heterocycles. The smallest absolute Gasteiger partial charge is 0.274 e. The van der Waals surface area contributed by atoms with Crippen LogP contribution in [0.25, 0.3) is 0 Å². The van der Waals surface area contributed by atoms with E-state index in [1.807, 2.05) is 18.2 Å². The third-order valence-electron chi connectivity index (χ3n) is 6.12. The Balaban J connectivity index is 1.37. The van der Waals surface area contributed by atoms with E-state index in [9.17, 15) is 14.4 Å². The van der Waals surface area contributed by atoms with Crippen molar-refractivity contribution in [3.63, 3.8) is 0 Å². The van der Waals surface area contributed by atoms with Crippen molar-refractivity contribution in [1.82, 2.24) is 9.80 Å². The molecule has 3 atom stereocenters. The Morgan fingerprint density at radius 3 is 2.36 bits per heavy atom. The molecular weight excluding hydrogens is 352 g/mol. The molecule has 5 heteroatoms. The van der Waals surface area contributed by atoms with Crippen LogP contribution in [0.2, 0.25) is 0 Å². The fraction of sp³-hybridized carbons (Fsp3) is 0.435. The van der Waals surface area contributed by atoms with Crippen molar-refractivity contribution < 1.29 is 14.4 Å². The summed E-state index contributed by atoms with van der Waals surface area (Å²) in [6.45, 7) is 2.87. The van der Waals surface area contributed by atoms with E-state index in [2.05, 4.69) is 37.3 Å². The van der Waals surface area contributed by atoms with Crippen LogP contribution in [0.3, 0.4) is 0 Å². The summed E-state index contributed by atoms with van der Waals surface area (Å²) in [5, 5.41) is 0. The quantitative estimate of drug-likeness (QED) is 0.661. The van der Waals surface area contributed by atoms with Crippen LogP contribution in [0.4, 0.5) is 4.79 Å². The molecule has 0 radical (unpaired) electrons. The Hall–Kier alpha value is -2.69. The first kappa shape index (κ1) is 18.7. The molecule has 5 nitrogen and oxygen atoms in total. The van der Waals surface area contributed by atoms with Crippen LogP contribution in [0.5, 0.6) is 0 Å². The van der Waals surface area contributed by atoms with E-state index < -0.39 is 11.9 Å². The SMILES string of the molecule is CC1C2C=CC(CCN3C(=O)CC(=O)N(CCC4=CC=CCC=C4)C3=O)=CC12. The molecule has 0 spiro atoms. The molecule has 0 aromatic carbocycles. The Bertz CT molecular complexity index is 846. The highest BCUT2D eigenvalue weighted by atomic mass is 16.2. The van der Waals surface area contributed by atoms with Gasteiger partial charge in [0, 0.05) is 13.1 Å². The summed E-state index contributed by atoms with van der Waals surface area (Å²) < 4.78 is 0. The molecule has 4 rings (SSSR count). The predicted molar refractivity (Wildman–Crippen MR) is 107 cm³/mol. The van der Waals surface area contributed by atoms with Crippen molar-refractivity contribution in [2.75, 3.05) is 13.1 Å². The van der Waals surface area contributed by atoms with Crippen molar-refractivity contribution in [3.8, 4) is 0 Å². The van der Waals surface area contributed by atoms with E-state index in [0.29, 0.717) is 43.7 Å². The molecule has 4 aliphatic rings. The average molecular weight is 378 g/mol. The van der Waals surface area contributed by atoms with E-state index in [4.69, 9.17) is 0 Å². The number of carbonyl (C=O) groups excluding carboxylic acids is 3. The topological polar surface area (TPSA) is 57.7 Å². The molecular formula is C23H26N2O3. The first-order valence-electron chi connectivity index (χ1n) is 10.1. The second kappa shape index (κ2) is 7.74. The number of fused-ring (bicyclic) bond motifs is 1. The molecule has 3 unspecified atom stereocenters. The maximum absolute atomic E-state index is 12.8. The van der Waals surface area contributed by atoms with Gasteiger partial charge in [-0.3, -0.25) is 19.4 Å². The van der Waals surface area contributed by atoms with Gasteiger partial charge in [-0.05, 0) is 42.6 Å². The lowest BCUT2D eigenvalue weighted by Gasteiger charge is -2.33. The maximum atomic E-state index is 12.8. The first-order valence-corrected chi connectivity index (χ1v) is 10.1. The highest BCUT2D eigenvalue weighted by Crippen LogP contribution is 2.50. The number of rotatable bonds is 6. The fourth-order valence-corrected chi connectivity index (χ4v) is 4.19. The lowest BCUT2D eigenvalue weighted by Crippen LogP contribution is -2.55. The van der Waals surface area contributed by atoms with Gasteiger partial charge in [-0.25, -0.2) is 4.79 Å². The normalized spacial score (nSPS) is 28.9. The van der Waals surface area contributed by atoms with Gasteiger partial charge in [-0.2, -0.15) is 0 Å². The summed E-state index contributed by atoms with van der Waals surface area (Å²) in [5.41, 5.74) is 2.25. The molecule has 146 valence electrons. The fourth-order valence-electron chi connectivity index (χ4n) is 4.19. The largest absolute Gasteiger partial charge is 0.333 e. The summed E-state index contributed by atoms with van der Waals surface area (Å²) in [4.78, 5) is 39.9. The minimum Gasteiger partial charge on any atom is -0.274 e. The van der Waals surface area contributed by atoms with Crippen molar-refractivity contribution in [2.45, 2.75) is 32.6 Å². The van der Waals surface area contributed by atoms with Crippen molar-refractivity contribution >= 4 is 17.8 Å². The van der Waals surface area contributed by atoms with E-state index in [1.165, 1.54) is 15.4 Å². The highest BCUT2D eigenvalue weighted by molar-refractivity contribution is 6.14. The van der Waals surface area contributed by atoms with E-state index in [0.717, 1.165) is 12.0 Å². The monoisotopic (exact) mass is 378 g/mol. The van der Waals surface area contributed by atoms with Gasteiger partial charge in [-0.15, -0.1) is 0 Å². The third-order valence-corrected chi connectivity index (χ3v) is 6.12. The number of allylic oxidation sites excluding steroid dienone is 8. The van der Waals surface area contributed by atoms with Crippen LogP contribution in [0.1, 0.15) is 32.6 Å². The standard InChI is InChI=1S/C23H26N2O3/c1-16-19-9-8-18(14-20(16)19)11-13-25-22(27)15-21(26)24(23(25)28)12-10-17-6-4-2-3-5-7-17/h2,4-9,14,16,19-20H,3,10-13,15H2,1H3. The van der Waals surface area contributed by atoms with Gasteiger partial charge in [0.05, 0.1) is 0 Å². The molecule has 0 aromatic heterocycles. The minimum absolute atomic E-state index is 0.225. The summed E-state index contributed by atoms with van der Waals surface area (Å²) in [7, 11) is 0. The second-order valence-corrected chi connectivity index (χ2v) is 7.97. The number of nitrogens with zero attached hydrogens (tertiary/aromatic N) is 2. The van der Waals surface area contributed by atoms with Gasteiger partial charge in [0.1, 0.15) is 6.42 Å². The summed E-state index contributed by atoms with van der Waals surface area (Å²) in [5.74, 6) is 1.19. The maximum Gasteiger partial charge on any atom is 0.333 e. The lowest BCUT2D eigenvalue weighted by atomic mass is 10.0. The molecule has 0 N–H and O–H groups in total. The van der Waals surface area contributed by atoms with Crippen LogP contribution < -0.4 is 0 Å². The van der Waals surface area contributed by atoms with Gasteiger partial charge in [0.25, 0.3) is 0 Å². The van der Waals surface area contributed by atoms with Crippen LogP contribution in [-0.4, -0.2) is 40.7 Å². The third kappa shape index (κ3) is 3.79. The van der Waals surface area contributed by atoms with Crippen molar-refractivity contribution in [1.29, 1.82) is 0 Å². The Morgan fingerprint density at radius 2 is 1.64 bits per heavy atom. The molecule has 0 aromatic rings. The van der Waals surface area contributed by atoms with Gasteiger partial charge in [0.15, 0.2) is 0 Å². The Morgan fingerprint density at radius 1 is 0.929 bits per heavy atom. The van der Waals surface area contributed by atoms with Gasteiger partial charge < -0.3 is 0 Å². The van der Waals surface area contributed by atoms with E-state index >= 15 is 0 Å². The minimum atomic E-state index is -0.479. The number of hydrogen-bond acceptors (Lipinski definition) is 3. The molecule has 3 aliphatic carbocycles. The Kier molecular flexibility index (Phi) is 5.16. The summed E-state index contributed by atoms with van der Waals surface area (Å²) in [6.07, 6.45) is 18.6. The van der Waals surface area contributed by atoms with E-state index in [1.54, 1.807) is 0 Å². The zero-order chi connectivity index (χ0) is 19.7. The van der Waals surface area contributed by atoms with Gasteiger partial charge in [0.2, 0.25) is 11.8 Å². The highest BCUT2D eigenvalue weighted by Gasteiger charge is 2.44. The number of amides is 4. The number of imide groups is 2. The van der Waals surface area contributed by atoms with Crippen LogP contribution in [0, 0.1) is 17.8 Å². The molecule has 28 heavy (non-hydrogen) atoms. The average Bonchev–Trinajstić information content (AvgIpc) is 3.39.